The molecule has 0 aliphatic carbocycles. The third-order valence-electron chi connectivity index (χ3n) is 4.53. The van der Waals surface area contributed by atoms with Gasteiger partial charge in [-0.3, -0.25) is 14.2 Å². The highest BCUT2D eigenvalue weighted by Crippen LogP contribution is 2.23. The number of hydrogen-bond acceptors (Lipinski definition) is 6. The fraction of sp³-hybridized carbons (Fsp3) is 0.368. The van der Waals surface area contributed by atoms with Crippen LogP contribution in [0.2, 0.25) is 0 Å². The zero-order valence-electron chi connectivity index (χ0n) is 16.7. The van der Waals surface area contributed by atoms with Crippen LogP contribution in [0.1, 0.15) is 40.8 Å². The van der Waals surface area contributed by atoms with Crippen LogP contribution in [0.25, 0.3) is 0 Å². The molecule has 1 aromatic heterocycles. The molecule has 0 radical (unpaired) electrons. The van der Waals surface area contributed by atoms with Gasteiger partial charge in [0.2, 0.25) is 5.75 Å². The number of amides is 1. The molecule has 1 aromatic carbocycles. The molecule has 13 heteroatoms. The molecule has 3 rings (SSSR count). The van der Waals surface area contributed by atoms with Crippen molar-refractivity contribution < 1.29 is 37.4 Å². The highest BCUT2D eigenvalue weighted by atomic mass is 19.4. The van der Waals surface area contributed by atoms with Crippen molar-refractivity contribution in [2.75, 3.05) is 7.05 Å². The van der Waals surface area contributed by atoms with Gasteiger partial charge in [-0.2, -0.15) is 13.2 Å². The predicted molar refractivity (Wildman–Crippen MR) is 102 cm³/mol. The lowest BCUT2D eigenvalue weighted by atomic mass is 10.1. The van der Waals surface area contributed by atoms with E-state index in [-0.39, 0.29) is 24.1 Å². The number of benzene rings is 1. The molecule has 2 heterocycles. The Bertz CT molecular complexity index is 1040. The normalized spacial score (nSPS) is 15.2. The number of carboxylic acids is 1. The second-order valence-electron chi connectivity index (χ2n) is 6.72. The number of rotatable bonds is 4. The van der Waals surface area contributed by atoms with Crippen LogP contribution < -0.4 is 16.2 Å². The van der Waals surface area contributed by atoms with Crippen molar-refractivity contribution >= 4 is 11.9 Å². The number of carboxylic acid groups (broad SMARTS) is 1. The van der Waals surface area contributed by atoms with Gasteiger partial charge < -0.3 is 20.8 Å². The van der Waals surface area contributed by atoms with Crippen LogP contribution in [0.3, 0.4) is 0 Å². The molecule has 0 spiro atoms. The van der Waals surface area contributed by atoms with Crippen LogP contribution >= 0.6 is 0 Å². The summed E-state index contributed by atoms with van der Waals surface area (Å²) in [7, 11) is 1.76. The van der Waals surface area contributed by atoms with Crippen LogP contribution in [-0.2, 0) is 17.9 Å². The topological polar surface area (TPSA) is 134 Å². The first-order valence-corrected chi connectivity index (χ1v) is 9.29. The second kappa shape index (κ2) is 10.2. The van der Waals surface area contributed by atoms with E-state index in [1.54, 1.807) is 19.2 Å². The number of halogens is 4. The Balaban J connectivity index is 0.000000451. The lowest BCUT2D eigenvalue weighted by Crippen LogP contribution is -2.37. The summed E-state index contributed by atoms with van der Waals surface area (Å²) in [5.41, 5.74) is -0.214. The first-order chi connectivity index (χ1) is 15.0. The number of carbonyl (C=O) groups is 2. The molecule has 1 amide bonds. The molecule has 1 aliphatic rings. The summed E-state index contributed by atoms with van der Waals surface area (Å²) in [6.07, 6.45) is -3.50. The number of nitrogens with zero attached hydrogens (tertiary/aromatic N) is 2. The fourth-order valence-electron chi connectivity index (χ4n) is 2.93. The van der Waals surface area contributed by atoms with E-state index in [4.69, 9.17) is 9.90 Å². The molecule has 0 saturated carbocycles. The number of aromatic nitrogens is 2. The van der Waals surface area contributed by atoms with Crippen molar-refractivity contribution in [2.24, 2.45) is 0 Å². The van der Waals surface area contributed by atoms with E-state index in [0.717, 1.165) is 12.8 Å². The molecule has 0 bridgehead atoms. The summed E-state index contributed by atoms with van der Waals surface area (Å²) in [5.74, 6) is -3.98. The second-order valence-corrected chi connectivity index (χ2v) is 6.72. The first kappa shape index (κ1) is 24.8. The Hall–Kier alpha value is -3.48. The average molecular weight is 460 g/mol. The molecule has 4 N–H and O–H groups in total. The lowest BCUT2D eigenvalue weighted by molar-refractivity contribution is -0.192. The van der Waals surface area contributed by atoms with Crippen molar-refractivity contribution in [1.82, 2.24) is 20.2 Å². The molecule has 0 fully saturated rings. The number of aromatic hydroxyl groups is 1. The number of nitrogens with one attached hydrogen (secondary N) is 2. The van der Waals surface area contributed by atoms with Crippen molar-refractivity contribution in [2.45, 2.75) is 38.1 Å². The van der Waals surface area contributed by atoms with Crippen molar-refractivity contribution in [1.29, 1.82) is 0 Å². The Morgan fingerprint density at radius 1 is 1.25 bits per heavy atom. The van der Waals surface area contributed by atoms with Gasteiger partial charge in [0, 0.05) is 13.1 Å². The fourth-order valence-corrected chi connectivity index (χ4v) is 2.93. The number of alkyl halides is 3. The van der Waals surface area contributed by atoms with Gasteiger partial charge in [-0.05, 0) is 37.6 Å². The van der Waals surface area contributed by atoms with Gasteiger partial charge in [0.05, 0.1) is 6.04 Å². The van der Waals surface area contributed by atoms with Gasteiger partial charge >= 0.3 is 12.1 Å². The summed E-state index contributed by atoms with van der Waals surface area (Å²) in [6, 6.07) is 5.52. The number of carbonyl (C=O) groups excluding carboxylic acids is 1. The van der Waals surface area contributed by atoms with Crippen LogP contribution in [0.15, 0.2) is 29.1 Å². The minimum Gasteiger partial charge on any atom is -0.501 e. The molecule has 0 saturated heterocycles. The van der Waals surface area contributed by atoms with Crippen molar-refractivity contribution in [3.63, 3.8) is 0 Å². The monoisotopic (exact) mass is 460 g/mol. The molecular formula is C19H20F4N4O5. The Kier molecular flexibility index (Phi) is 7.92. The Morgan fingerprint density at radius 2 is 1.84 bits per heavy atom. The third-order valence-corrected chi connectivity index (χ3v) is 4.53. The van der Waals surface area contributed by atoms with Gasteiger partial charge in [-0.25, -0.2) is 14.2 Å². The van der Waals surface area contributed by atoms with E-state index in [2.05, 4.69) is 15.6 Å². The van der Waals surface area contributed by atoms with Crippen LogP contribution in [0.5, 0.6) is 5.75 Å². The maximum atomic E-state index is 12.9. The van der Waals surface area contributed by atoms with Gasteiger partial charge in [0.25, 0.3) is 11.5 Å². The van der Waals surface area contributed by atoms with Gasteiger partial charge in [0.15, 0.2) is 5.69 Å². The van der Waals surface area contributed by atoms with E-state index in [1.807, 2.05) is 0 Å². The maximum absolute atomic E-state index is 12.9. The molecule has 1 aliphatic heterocycles. The average Bonchev–Trinajstić information content (AvgIpc) is 2.75. The van der Waals surface area contributed by atoms with E-state index < -0.39 is 29.4 Å². The van der Waals surface area contributed by atoms with E-state index in [1.165, 1.54) is 16.7 Å². The quantitative estimate of drug-likeness (QED) is 0.511. The Labute approximate surface area is 178 Å². The third kappa shape index (κ3) is 6.03. The number of aliphatic carboxylic acids is 1. The molecule has 174 valence electrons. The first-order valence-electron chi connectivity index (χ1n) is 9.29. The van der Waals surface area contributed by atoms with Crippen LogP contribution in [0, 0.1) is 5.82 Å². The van der Waals surface area contributed by atoms with Crippen LogP contribution in [-0.4, -0.2) is 44.9 Å². The van der Waals surface area contributed by atoms with Crippen molar-refractivity contribution in [3.05, 3.63) is 57.5 Å². The molecule has 1 unspecified atom stereocenters. The zero-order chi connectivity index (χ0) is 24.1. The Morgan fingerprint density at radius 3 is 2.38 bits per heavy atom. The standard InChI is InChI=1S/C17H19FN4O3.C2HF3O2/c1-19-12-3-2-8-22-15(12)21-13(14(23)17(22)25)16(24)20-9-10-4-6-11(18)7-5-10;3-2(4,5)1(6)7/h4-7,12,19,23H,2-3,8-9H2,1H3,(H,20,24);(H,6,7). The molecular weight excluding hydrogens is 440 g/mol. The predicted octanol–water partition coefficient (Wildman–Crippen LogP) is 1.71. The summed E-state index contributed by atoms with van der Waals surface area (Å²) in [5, 5.41) is 22.9. The van der Waals surface area contributed by atoms with Crippen LogP contribution in [0.4, 0.5) is 17.6 Å². The van der Waals surface area contributed by atoms with E-state index in [9.17, 15) is 32.3 Å². The zero-order valence-corrected chi connectivity index (χ0v) is 16.7. The summed E-state index contributed by atoms with van der Waals surface area (Å²) in [4.78, 5) is 37.8. The smallest absolute Gasteiger partial charge is 0.490 e. The van der Waals surface area contributed by atoms with E-state index >= 15 is 0 Å². The minimum absolute atomic E-state index is 0.133. The molecule has 9 nitrogen and oxygen atoms in total. The molecule has 2 aromatic rings. The lowest BCUT2D eigenvalue weighted by Gasteiger charge is -2.26. The maximum Gasteiger partial charge on any atom is 0.490 e. The largest absolute Gasteiger partial charge is 0.501 e. The van der Waals surface area contributed by atoms with Gasteiger partial charge in [-0.1, -0.05) is 12.1 Å². The summed E-state index contributed by atoms with van der Waals surface area (Å²) >= 11 is 0. The number of fused-ring (bicyclic) bond motifs is 1. The van der Waals surface area contributed by atoms with Crippen molar-refractivity contribution in [3.8, 4) is 5.75 Å². The highest BCUT2D eigenvalue weighted by molar-refractivity contribution is 5.94. The number of hydrogen-bond donors (Lipinski definition) is 4. The van der Waals surface area contributed by atoms with E-state index in [0.29, 0.717) is 17.9 Å². The van der Waals surface area contributed by atoms with Gasteiger partial charge in [0.1, 0.15) is 11.6 Å². The molecule has 1 atom stereocenters. The summed E-state index contributed by atoms with van der Waals surface area (Å²) < 4.78 is 46.0. The van der Waals surface area contributed by atoms with Gasteiger partial charge in [-0.15, -0.1) is 0 Å². The SMILES string of the molecule is CNC1CCCn2c1nc(C(=O)NCc1ccc(F)cc1)c(O)c2=O.O=C(O)C(F)(F)F. The minimum atomic E-state index is -5.08. The summed E-state index contributed by atoms with van der Waals surface area (Å²) in [6.45, 7) is 0.596. The highest BCUT2D eigenvalue weighted by Gasteiger charge is 2.38. The molecule has 32 heavy (non-hydrogen) atoms.